The van der Waals surface area contributed by atoms with Crippen LogP contribution in [0.5, 0.6) is 0 Å². The van der Waals surface area contributed by atoms with Gasteiger partial charge in [-0.05, 0) is 12.1 Å². The van der Waals surface area contributed by atoms with Crippen molar-refractivity contribution in [1.29, 1.82) is 0 Å². The Kier molecular flexibility index (Phi) is 6.49. The van der Waals surface area contributed by atoms with Gasteiger partial charge in [0.1, 0.15) is 11.5 Å². The lowest BCUT2D eigenvalue weighted by atomic mass is 10.2. The molecule has 13 heteroatoms. The number of carbonyl (C=O) groups excluding carboxylic acids is 1. The molecule has 0 saturated carbocycles. The highest BCUT2D eigenvalue weighted by molar-refractivity contribution is 6.33. The molecule has 0 aliphatic carbocycles. The molecule has 1 aromatic carbocycles. The van der Waals surface area contributed by atoms with Crippen LogP contribution in [0.4, 0.5) is 28.0 Å². The van der Waals surface area contributed by atoms with Gasteiger partial charge in [0, 0.05) is 13.1 Å². The number of benzene rings is 1. The summed E-state index contributed by atoms with van der Waals surface area (Å²) in [5.41, 5.74) is -3.37. The molecule has 2 aromatic rings. The Hall–Kier alpha value is -3.12. The maximum absolute atomic E-state index is 14.3. The van der Waals surface area contributed by atoms with E-state index in [1.807, 2.05) is 5.48 Å². The SMILES string of the molecule is C=CCONC(=O)Nc1cc(-n2c(=O)cc(C(F)(F)F)n(C)c2=O)c(F)cc1Cl. The van der Waals surface area contributed by atoms with Crippen LogP contribution in [0.15, 0.2) is 40.4 Å². The fourth-order valence-corrected chi connectivity index (χ4v) is 2.44. The molecule has 0 bridgehead atoms. The number of urea groups is 1. The highest BCUT2D eigenvalue weighted by Crippen LogP contribution is 2.28. The van der Waals surface area contributed by atoms with Crippen LogP contribution in [-0.2, 0) is 18.1 Å². The molecule has 0 unspecified atom stereocenters. The lowest BCUT2D eigenvalue weighted by molar-refractivity contribution is -0.144. The molecule has 0 radical (unpaired) electrons. The molecule has 1 heterocycles. The summed E-state index contributed by atoms with van der Waals surface area (Å²) < 4.78 is 53.5. The summed E-state index contributed by atoms with van der Waals surface area (Å²) in [4.78, 5) is 40.8. The zero-order valence-corrected chi connectivity index (χ0v) is 15.4. The van der Waals surface area contributed by atoms with Gasteiger partial charge in [-0.3, -0.25) is 14.2 Å². The van der Waals surface area contributed by atoms with E-state index in [1.54, 1.807) is 0 Å². The number of anilines is 1. The number of hydrogen-bond donors (Lipinski definition) is 2. The van der Waals surface area contributed by atoms with Crippen molar-refractivity contribution < 1.29 is 27.2 Å². The van der Waals surface area contributed by atoms with Crippen LogP contribution in [0.3, 0.4) is 0 Å². The maximum atomic E-state index is 14.3. The molecular formula is C16H13ClF4N4O4. The smallest absolute Gasteiger partial charge is 0.305 e. The summed E-state index contributed by atoms with van der Waals surface area (Å²) in [6.45, 7) is 3.34. The van der Waals surface area contributed by atoms with Crippen molar-refractivity contribution in [2.24, 2.45) is 7.05 Å². The summed E-state index contributed by atoms with van der Waals surface area (Å²) in [6, 6.07) is 0.721. The quantitative estimate of drug-likeness (QED) is 0.326. The molecule has 2 amide bonds. The number of nitrogens with zero attached hydrogens (tertiary/aromatic N) is 2. The highest BCUT2D eigenvalue weighted by atomic mass is 35.5. The van der Waals surface area contributed by atoms with Gasteiger partial charge in [-0.2, -0.15) is 13.2 Å². The van der Waals surface area contributed by atoms with E-state index in [0.717, 1.165) is 13.1 Å². The Bertz CT molecular complexity index is 1080. The average molecular weight is 437 g/mol. The minimum Gasteiger partial charge on any atom is -0.305 e. The molecule has 0 spiro atoms. The second-order valence-corrected chi connectivity index (χ2v) is 5.89. The van der Waals surface area contributed by atoms with E-state index >= 15 is 0 Å². The second kappa shape index (κ2) is 8.49. The molecule has 29 heavy (non-hydrogen) atoms. The summed E-state index contributed by atoms with van der Waals surface area (Å²) in [5, 5.41) is 1.88. The predicted octanol–water partition coefficient (Wildman–Crippen LogP) is 2.59. The molecule has 0 fully saturated rings. The first-order valence-corrected chi connectivity index (χ1v) is 8.04. The normalized spacial score (nSPS) is 11.2. The van der Waals surface area contributed by atoms with Crippen LogP contribution in [-0.4, -0.2) is 21.8 Å². The molecule has 0 aliphatic heterocycles. The van der Waals surface area contributed by atoms with Crippen molar-refractivity contribution in [3.8, 4) is 5.69 Å². The van der Waals surface area contributed by atoms with Gasteiger partial charge in [0.15, 0.2) is 0 Å². The Morgan fingerprint density at radius 2 is 1.97 bits per heavy atom. The standard InChI is InChI=1S/C16H13ClF4N4O4/c1-3-4-29-23-14(27)22-10-6-11(9(18)5-8(10)17)25-13(26)7-12(16(19,20)21)24(2)15(25)28/h3,5-7H,1,4H2,2H3,(H2,22,23,27). The molecule has 2 rings (SSSR count). The molecule has 0 aliphatic rings. The number of halogens is 5. The van der Waals surface area contributed by atoms with Crippen LogP contribution in [0.25, 0.3) is 5.69 Å². The Labute approximate surface area is 164 Å². The van der Waals surface area contributed by atoms with E-state index in [2.05, 4.69) is 16.7 Å². The van der Waals surface area contributed by atoms with Crippen molar-refractivity contribution >= 4 is 23.3 Å². The monoisotopic (exact) mass is 436 g/mol. The fraction of sp³-hybridized carbons (Fsp3) is 0.188. The van der Waals surface area contributed by atoms with Gasteiger partial charge < -0.3 is 5.32 Å². The number of rotatable bonds is 5. The number of hydroxylamine groups is 1. The zero-order chi connectivity index (χ0) is 21.9. The molecular weight excluding hydrogens is 424 g/mol. The maximum Gasteiger partial charge on any atom is 0.431 e. The van der Waals surface area contributed by atoms with Crippen molar-refractivity contribution in [3.05, 3.63) is 68.2 Å². The topological polar surface area (TPSA) is 94.4 Å². The van der Waals surface area contributed by atoms with Gasteiger partial charge in [-0.1, -0.05) is 17.7 Å². The minimum atomic E-state index is -4.97. The van der Waals surface area contributed by atoms with Gasteiger partial charge in [0.2, 0.25) is 0 Å². The average Bonchev–Trinajstić information content (AvgIpc) is 2.61. The van der Waals surface area contributed by atoms with Gasteiger partial charge in [0.25, 0.3) is 5.56 Å². The number of nitrogens with one attached hydrogen (secondary N) is 2. The molecule has 0 atom stereocenters. The van der Waals surface area contributed by atoms with Crippen LogP contribution in [0.1, 0.15) is 5.69 Å². The summed E-state index contributed by atoms with van der Waals surface area (Å²) in [7, 11) is 0.776. The van der Waals surface area contributed by atoms with Crippen LogP contribution >= 0.6 is 11.6 Å². The van der Waals surface area contributed by atoms with Crippen molar-refractivity contribution in [3.63, 3.8) is 0 Å². The van der Waals surface area contributed by atoms with E-state index in [9.17, 15) is 31.9 Å². The van der Waals surface area contributed by atoms with E-state index in [0.29, 0.717) is 6.07 Å². The Morgan fingerprint density at radius 1 is 1.31 bits per heavy atom. The Morgan fingerprint density at radius 3 is 2.55 bits per heavy atom. The molecule has 1 aromatic heterocycles. The zero-order valence-electron chi connectivity index (χ0n) is 14.6. The van der Waals surface area contributed by atoms with E-state index in [-0.39, 0.29) is 32.5 Å². The van der Waals surface area contributed by atoms with Crippen molar-refractivity contribution in [2.75, 3.05) is 11.9 Å². The van der Waals surface area contributed by atoms with E-state index in [4.69, 9.17) is 11.6 Å². The minimum absolute atomic E-state index is 0.0210. The predicted molar refractivity (Wildman–Crippen MR) is 95.6 cm³/mol. The van der Waals surface area contributed by atoms with E-state index < -0.39 is 40.7 Å². The van der Waals surface area contributed by atoms with Gasteiger partial charge in [-0.25, -0.2) is 24.0 Å². The largest absolute Gasteiger partial charge is 0.431 e. The fourth-order valence-electron chi connectivity index (χ4n) is 2.24. The first kappa shape index (κ1) is 22.2. The first-order chi connectivity index (χ1) is 13.5. The summed E-state index contributed by atoms with van der Waals surface area (Å²) >= 11 is 5.83. The highest BCUT2D eigenvalue weighted by Gasteiger charge is 2.35. The second-order valence-electron chi connectivity index (χ2n) is 5.48. The van der Waals surface area contributed by atoms with Gasteiger partial charge >= 0.3 is 17.9 Å². The number of alkyl halides is 3. The molecule has 2 N–H and O–H groups in total. The number of amides is 2. The van der Waals surface area contributed by atoms with Gasteiger partial charge in [-0.15, -0.1) is 6.58 Å². The van der Waals surface area contributed by atoms with Crippen molar-refractivity contribution in [2.45, 2.75) is 6.18 Å². The molecule has 156 valence electrons. The summed E-state index contributed by atoms with van der Waals surface area (Å²) in [5.74, 6) is -1.18. The lowest BCUT2D eigenvalue weighted by Gasteiger charge is -2.15. The third-order valence-corrected chi connectivity index (χ3v) is 3.81. The van der Waals surface area contributed by atoms with Crippen LogP contribution in [0, 0.1) is 5.82 Å². The van der Waals surface area contributed by atoms with E-state index in [1.165, 1.54) is 6.08 Å². The van der Waals surface area contributed by atoms with Crippen LogP contribution < -0.4 is 22.0 Å². The first-order valence-electron chi connectivity index (χ1n) is 7.66. The molecule has 8 nitrogen and oxygen atoms in total. The number of aromatic nitrogens is 2. The third-order valence-electron chi connectivity index (χ3n) is 3.50. The number of carbonyl (C=O) groups is 1. The van der Waals surface area contributed by atoms with Gasteiger partial charge in [0.05, 0.1) is 23.0 Å². The lowest BCUT2D eigenvalue weighted by Crippen LogP contribution is -2.41. The number of hydrogen-bond acceptors (Lipinski definition) is 4. The molecule has 0 saturated heterocycles. The van der Waals surface area contributed by atoms with Crippen LogP contribution in [0.2, 0.25) is 5.02 Å². The van der Waals surface area contributed by atoms with Crippen molar-refractivity contribution in [1.82, 2.24) is 14.6 Å². The summed E-state index contributed by atoms with van der Waals surface area (Å²) in [6.07, 6.45) is -3.63. The Balaban J connectivity index is 2.55. The third kappa shape index (κ3) is 4.84.